The monoisotopic (exact) mass is 359 g/mol. The largest absolute Gasteiger partial charge is 0.481 e. The van der Waals surface area contributed by atoms with Gasteiger partial charge >= 0.3 is 5.97 Å². The Labute approximate surface area is 155 Å². The average molecular weight is 359 g/mol. The lowest BCUT2D eigenvalue weighted by Gasteiger charge is -2.14. The summed E-state index contributed by atoms with van der Waals surface area (Å²) in [5, 5.41) is 10.8. The van der Waals surface area contributed by atoms with Crippen LogP contribution >= 0.6 is 0 Å². The van der Waals surface area contributed by atoms with E-state index in [4.69, 9.17) is 5.11 Å². The van der Waals surface area contributed by atoms with E-state index >= 15 is 0 Å². The molecule has 0 saturated carbocycles. The van der Waals surface area contributed by atoms with E-state index in [1.54, 1.807) is 24.3 Å². The van der Waals surface area contributed by atoms with Gasteiger partial charge in [0.05, 0.1) is 23.2 Å². The van der Waals surface area contributed by atoms with Crippen LogP contribution in [0.25, 0.3) is 10.8 Å². The molecule has 0 fully saturated rings. The zero-order valence-electron chi connectivity index (χ0n) is 14.9. The van der Waals surface area contributed by atoms with Crippen LogP contribution in [0, 0.1) is 13.8 Å². The van der Waals surface area contributed by atoms with Gasteiger partial charge in [-0.15, -0.1) is 0 Å². The Morgan fingerprint density at radius 3 is 1.78 bits per heavy atom. The number of carboxylic acids is 1. The molecule has 1 heterocycles. The molecule has 134 valence electrons. The summed E-state index contributed by atoms with van der Waals surface area (Å²) < 4.78 is 0. The van der Waals surface area contributed by atoms with E-state index in [1.165, 1.54) is 4.90 Å². The highest BCUT2D eigenvalue weighted by molar-refractivity contribution is 6.36. The first-order valence-electron chi connectivity index (χ1n) is 8.61. The van der Waals surface area contributed by atoms with Crippen LogP contribution in [0.15, 0.2) is 48.5 Å². The number of benzene rings is 3. The van der Waals surface area contributed by atoms with Crippen LogP contribution in [0.3, 0.4) is 0 Å². The Morgan fingerprint density at radius 2 is 1.33 bits per heavy atom. The van der Waals surface area contributed by atoms with Crippen molar-refractivity contribution in [1.29, 1.82) is 0 Å². The van der Waals surface area contributed by atoms with Crippen molar-refractivity contribution in [3.8, 4) is 0 Å². The Kier molecular flexibility index (Phi) is 3.81. The van der Waals surface area contributed by atoms with Gasteiger partial charge in [-0.1, -0.05) is 36.4 Å². The second-order valence-corrected chi connectivity index (χ2v) is 6.73. The Hall–Kier alpha value is -3.47. The third-order valence-corrected chi connectivity index (χ3v) is 5.12. The van der Waals surface area contributed by atoms with Crippen molar-refractivity contribution >= 4 is 34.2 Å². The van der Waals surface area contributed by atoms with Gasteiger partial charge in [-0.2, -0.15) is 0 Å². The lowest BCUT2D eigenvalue weighted by molar-refractivity contribution is -0.136. The molecule has 5 nitrogen and oxygen atoms in total. The Bertz CT molecular complexity index is 1070. The van der Waals surface area contributed by atoms with Crippen LogP contribution in [0.2, 0.25) is 0 Å². The van der Waals surface area contributed by atoms with Crippen molar-refractivity contribution in [2.75, 3.05) is 4.90 Å². The summed E-state index contributed by atoms with van der Waals surface area (Å²) in [4.78, 5) is 38.2. The number of hydrogen-bond acceptors (Lipinski definition) is 3. The van der Waals surface area contributed by atoms with Gasteiger partial charge in [0.1, 0.15) is 0 Å². The highest BCUT2D eigenvalue weighted by Gasteiger charge is 2.40. The second-order valence-electron chi connectivity index (χ2n) is 6.73. The van der Waals surface area contributed by atoms with Gasteiger partial charge < -0.3 is 5.11 Å². The summed E-state index contributed by atoms with van der Waals surface area (Å²) in [6, 6.07) is 14.2. The quantitative estimate of drug-likeness (QED) is 0.720. The second kappa shape index (κ2) is 6.06. The van der Waals surface area contributed by atoms with Crippen LogP contribution in [-0.4, -0.2) is 22.9 Å². The fourth-order valence-corrected chi connectivity index (χ4v) is 3.80. The first-order chi connectivity index (χ1) is 12.9. The van der Waals surface area contributed by atoms with Crippen molar-refractivity contribution in [1.82, 2.24) is 0 Å². The Balaban J connectivity index is 1.84. The molecule has 0 unspecified atom stereocenters. The lowest BCUT2D eigenvalue weighted by atomic mass is 9.91. The molecule has 0 bridgehead atoms. The summed E-state index contributed by atoms with van der Waals surface area (Å²) in [7, 11) is 0. The SMILES string of the molecule is Cc1c2c(c(C)c3ccccc13)C(=O)N(c1ccc(CC(=O)O)cc1)C2=O. The third kappa shape index (κ3) is 2.51. The number of carbonyl (C=O) groups is 3. The molecule has 0 aliphatic carbocycles. The molecular formula is C22H17NO4. The maximum Gasteiger partial charge on any atom is 0.307 e. The smallest absolute Gasteiger partial charge is 0.307 e. The van der Waals surface area contributed by atoms with Crippen LogP contribution in [0.4, 0.5) is 5.69 Å². The first-order valence-corrected chi connectivity index (χ1v) is 8.61. The van der Waals surface area contributed by atoms with Gasteiger partial charge in [0.15, 0.2) is 0 Å². The molecular weight excluding hydrogens is 342 g/mol. The summed E-state index contributed by atoms with van der Waals surface area (Å²) in [5.41, 5.74) is 3.56. The minimum atomic E-state index is -0.929. The molecule has 0 spiro atoms. The molecule has 4 rings (SSSR count). The zero-order valence-corrected chi connectivity index (χ0v) is 14.9. The predicted octanol–water partition coefficient (Wildman–Crippen LogP) is 3.88. The number of hydrogen-bond donors (Lipinski definition) is 1. The van der Waals surface area contributed by atoms with E-state index in [-0.39, 0.29) is 18.2 Å². The van der Waals surface area contributed by atoms with Crippen LogP contribution < -0.4 is 4.90 Å². The summed E-state index contributed by atoms with van der Waals surface area (Å²) in [6.07, 6.45) is -0.105. The fraction of sp³-hybridized carbons (Fsp3) is 0.136. The molecule has 3 aromatic rings. The number of aliphatic carboxylic acids is 1. The fourth-order valence-electron chi connectivity index (χ4n) is 3.80. The maximum absolute atomic E-state index is 13.1. The van der Waals surface area contributed by atoms with Crippen molar-refractivity contribution in [3.63, 3.8) is 0 Å². The highest BCUT2D eigenvalue weighted by Crippen LogP contribution is 2.37. The lowest BCUT2D eigenvalue weighted by Crippen LogP contribution is -2.29. The average Bonchev–Trinajstić information content (AvgIpc) is 2.91. The number of aryl methyl sites for hydroxylation is 2. The normalized spacial score (nSPS) is 13.3. The van der Waals surface area contributed by atoms with Crippen molar-refractivity contribution in [3.05, 3.63) is 76.3 Å². The standard InChI is InChI=1S/C22H17NO4/c1-12-16-5-3-4-6-17(16)13(2)20-19(12)21(26)23(22(20)27)15-9-7-14(8-10-15)11-18(24)25/h3-10H,11H2,1-2H3,(H,24,25). The number of carbonyl (C=O) groups excluding carboxylic acids is 2. The molecule has 3 aromatic carbocycles. The molecule has 1 N–H and O–H groups in total. The predicted molar refractivity (Wildman–Crippen MR) is 102 cm³/mol. The number of nitrogens with zero attached hydrogens (tertiary/aromatic N) is 1. The number of rotatable bonds is 3. The van der Waals surface area contributed by atoms with Crippen LogP contribution in [0.1, 0.15) is 37.4 Å². The minimum Gasteiger partial charge on any atom is -0.481 e. The molecule has 1 aliphatic rings. The van der Waals surface area contributed by atoms with E-state index in [0.29, 0.717) is 22.4 Å². The topological polar surface area (TPSA) is 74.7 Å². The van der Waals surface area contributed by atoms with Gasteiger partial charge in [0.25, 0.3) is 11.8 Å². The van der Waals surface area contributed by atoms with E-state index < -0.39 is 5.97 Å². The Morgan fingerprint density at radius 1 is 0.852 bits per heavy atom. The number of anilines is 1. The van der Waals surface area contributed by atoms with Gasteiger partial charge in [-0.3, -0.25) is 14.4 Å². The summed E-state index contributed by atoms with van der Waals surface area (Å²) in [5.74, 6) is -1.61. The summed E-state index contributed by atoms with van der Waals surface area (Å²) >= 11 is 0. The van der Waals surface area contributed by atoms with Crippen LogP contribution in [0.5, 0.6) is 0 Å². The molecule has 5 heteroatoms. The number of imide groups is 1. The van der Waals surface area contributed by atoms with Gasteiger partial charge in [0.2, 0.25) is 0 Å². The molecule has 0 atom stereocenters. The van der Waals surface area contributed by atoms with Crippen LogP contribution in [-0.2, 0) is 11.2 Å². The van der Waals surface area contributed by atoms with Gasteiger partial charge in [0, 0.05) is 0 Å². The highest BCUT2D eigenvalue weighted by atomic mass is 16.4. The third-order valence-electron chi connectivity index (χ3n) is 5.12. The number of amides is 2. The zero-order chi connectivity index (χ0) is 19.3. The minimum absolute atomic E-state index is 0.105. The van der Waals surface area contributed by atoms with Crippen molar-refractivity contribution in [2.24, 2.45) is 0 Å². The molecule has 0 saturated heterocycles. The van der Waals surface area contributed by atoms with E-state index in [2.05, 4.69) is 0 Å². The van der Waals surface area contributed by atoms with E-state index in [9.17, 15) is 14.4 Å². The number of fused-ring (bicyclic) bond motifs is 2. The molecule has 2 amide bonds. The van der Waals surface area contributed by atoms with Crippen molar-refractivity contribution < 1.29 is 19.5 Å². The summed E-state index contributed by atoms with van der Waals surface area (Å²) in [6.45, 7) is 3.73. The number of carboxylic acid groups (broad SMARTS) is 1. The van der Waals surface area contributed by atoms with Gasteiger partial charge in [-0.05, 0) is 53.4 Å². The molecule has 27 heavy (non-hydrogen) atoms. The molecule has 0 radical (unpaired) electrons. The first kappa shape index (κ1) is 17.0. The van der Waals surface area contributed by atoms with E-state index in [0.717, 1.165) is 21.9 Å². The maximum atomic E-state index is 13.1. The van der Waals surface area contributed by atoms with E-state index in [1.807, 2.05) is 38.1 Å². The molecule has 1 aliphatic heterocycles. The van der Waals surface area contributed by atoms with Crippen molar-refractivity contribution in [2.45, 2.75) is 20.3 Å². The molecule has 0 aromatic heterocycles. The van der Waals surface area contributed by atoms with Gasteiger partial charge in [-0.25, -0.2) is 4.90 Å².